The summed E-state index contributed by atoms with van der Waals surface area (Å²) in [6.45, 7) is 5.91. The van der Waals surface area contributed by atoms with E-state index in [0.717, 1.165) is 18.5 Å². The zero-order valence-corrected chi connectivity index (χ0v) is 10.6. The van der Waals surface area contributed by atoms with Gasteiger partial charge in [-0.25, -0.2) is 0 Å². The molecular formula is C15H22N2. The first-order valence-corrected chi connectivity index (χ1v) is 6.87. The monoisotopic (exact) mass is 230 g/mol. The van der Waals surface area contributed by atoms with Crippen LogP contribution in [0.5, 0.6) is 0 Å². The lowest BCUT2D eigenvalue weighted by molar-refractivity contribution is 0.139. The minimum Gasteiger partial charge on any atom is -0.308 e. The lowest BCUT2D eigenvalue weighted by atomic mass is 10.0. The van der Waals surface area contributed by atoms with Crippen LogP contribution in [-0.4, -0.2) is 30.6 Å². The predicted molar refractivity (Wildman–Crippen MR) is 70.9 cm³/mol. The Morgan fingerprint density at radius 3 is 2.71 bits per heavy atom. The molecule has 0 spiro atoms. The molecule has 1 aliphatic heterocycles. The van der Waals surface area contributed by atoms with Crippen molar-refractivity contribution in [2.75, 3.05) is 19.6 Å². The fraction of sp³-hybridized carbons (Fsp3) is 0.600. The van der Waals surface area contributed by atoms with E-state index >= 15 is 0 Å². The summed E-state index contributed by atoms with van der Waals surface area (Å²) < 4.78 is 0. The molecule has 17 heavy (non-hydrogen) atoms. The fourth-order valence-corrected chi connectivity index (χ4v) is 2.93. The highest BCUT2D eigenvalue weighted by atomic mass is 15.2. The van der Waals surface area contributed by atoms with Crippen molar-refractivity contribution in [2.24, 2.45) is 5.92 Å². The maximum atomic E-state index is 3.64. The van der Waals surface area contributed by atoms with E-state index in [1.807, 2.05) is 0 Å². The van der Waals surface area contributed by atoms with Crippen LogP contribution in [0, 0.1) is 5.92 Å². The Hall–Kier alpha value is -0.860. The second-order valence-electron chi connectivity index (χ2n) is 5.49. The van der Waals surface area contributed by atoms with E-state index in [2.05, 4.69) is 47.5 Å². The molecule has 0 amide bonds. The van der Waals surface area contributed by atoms with Gasteiger partial charge < -0.3 is 5.32 Å². The number of hydrogen-bond donors (Lipinski definition) is 1. The summed E-state index contributed by atoms with van der Waals surface area (Å²) in [5.41, 5.74) is 1.43. The molecular weight excluding hydrogens is 208 g/mol. The third-order valence-corrected chi connectivity index (χ3v) is 4.29. The summed E-state index contributed by atoms with van der Waals surface area (Å²) in [7, 11) is 0. The highest BCUT2D eigenvalue weighted by Gasteiger charge is 2.34. The minimum atomic E-state index is 0.520. The molecule has 1 aromatic carbocycles. The van der Waals surface area contributed by atoms with Crippen LogP contribution in [0.15, 0.2) is 30.3 Å². The van der Waals surface area contributed by atoms with Crippen LogP contribution in [0.3, 0.4) is 0 Å². The van der Waals surface area contributed by atoms with Crippen LogP contribution in [0.1, 0.15) is 31.4 Å². The first-order valence-electron chi connectivity index (χ1n) is 6.87. The van der Waals surface area contributed by atoms with Gasteiger partial charge in [0.15, 0.2) is 0 Å². The smallest absolute Gasteiger partial charge is 0.0449 e. The normalized spacial score (nSPS) is 27.9. The minimum absolute atomic E-state index is 0.520. The van der Waals surface area contributed by atoms with Gasteiger partial charge in [0.2, 0.25) is 0 Å². The van der Waals surface area contributed by atoms with E-state index in [4.69, 9.17) is 0 Å². The summed E-state index contributed by atoms with van der Waals surface area (Å²) in [6, 6.07) is 12.2. The summed E-state index contributed by atoms with van der Waals surface area (Å²) in [5.74, 6) is 0.976. The molecule has 0 aromatic heterocycles. The molecule has 2 unspecified atom stereocenters. The average Bonchev–Trinajstić information content (AvgIpc) is 3.23. The molecule has 1 heterocycles. The molecule has 2 fully saturated rings. The number of benzene rings is 1. The van der Waals surface area contributed by atoms with Crippen molar-refractivity contribution in [1.29, 1.82) is 0 Å². The van der Waals surface area contributed by atoms with Crippen molar-refractivity contribution >= 4 is 0 Å². The summed E-state index contributed by atoms with van der Waals surface area (Å²) in [6.07, 6.45) is 2.89. The fourth-order valence-electron chi connectivity index (χ4n) is 2.93. The number of piperazine rings is 1. The SMILES string of the molecule is CC(C1CC1)N1CCNC(c2ccccc2)C1. The van der Waals surface area contributed by atoms with Gasteiger partial charge in [-0.2, -0.15) is 0 Å². The van der Waals surface area contributed by atoms with Crippen LogP contribution in [0.25, 0.3) is 0 Å². The average molecular weight is 230 g/mol. The lowest BCUT2D eigenvalue weighted by Crippen LogP contribution is -2.49. The van der Waals surface area contributed by atoms with Crippen LogP contribution in [-0.2, 0) is 0 Å². The molecule has 1 aliphatic carbocycles. The maximum absolute atomic E-state index is 3.64. The molecule has 0 radical (unpaired) electrons. The van der Waals surface area contributed by atoms with Gasteiger partial charge in [-0.05, 0) is 31.2 Å². The summed E-state index contributed by atoms with van der Waals surface area (Å²) in [5, 5.41) is 3.64. The molecule has 2 heteroatoms. The number of rotatable bonds is 3. The highest BCUT2D eigenvalue weighted by Crippen LogP contribution is 2.36. The van der Waals surface area contributed by atoms with Crippen LogP contribution in [0.4, 0.5) is 0 Å². The van der Waals surface area contributed by atoms with E-state index in [9.17, 15) is 0 Å². The molecule has 1 saturated heterocycles. The molecule has 0 bridgehead atoms. The van der Waals surface area contributed by atoms with E-state index in [1.165, 1.54) is 31.5 Å². The van der Waals surface area contributed by atoms with Gasteiger partial charge in [0.25, 0.3) is 0 Å². The largest absolute Gasteiger partial charge is 0.308 e. The van der Waals surface area contributed by atoms with Gasteiger partial charge in [0.1, 0.15) is 0 Å². The quantitative estimate of drug-likeness (QED) is 0.858. The zero-order chi connectivity index (χ0) is 11.7. The second-order valence-corrected chi connectivity index (χ2v) is 5.49. The van der Waals surface area contributed by atoms with Crippen LogP contribution < -0.4 is 5.32 Å². The first-order chi connectivity index (χ1) is 8.34. The summed E-state index contributed by atoms with van der Waals surface area (Å²) in [4.78, 5) is 2.67. The molecule has 1 aromatic rings. The third-order valence-electron chi connectivity index (χ3n) is 4.29. The Kier molecular flexibility index (Phi) is 3.17. The van der Waals surface area contributed by atoms with Gasteiger partial charge in [0.05, 0.1) is 0 Å². The highest BCUT2D eigenvalue weighted by molar-refractivity contribution is 5.20. The van der Waals surface area contributed by atoms with Crippen molar-refractivity contribution in [3.05, 3.63) is 35.9 Å². The third kappa shape index (κ3) is 2.53. The lowest BCUT2D eigenvalue weighted by Gasteiger charge is -2.38. The first kappa shape index (κ1) is 11.2. The standard InChI is InChI=1S/C15H22N2/c1-12(13-7-8-13)17-10-9-16-15(11-17)14-5-3-2-4-6-14/h2-6,12-13,15-16H,7-11H2,1H3. The second kappa shape index (κ2) is 4.79. The van der Waals surface area contributed by atoms with Crippen molar-refractivity contribution in [1.82, 2.24) is 10.2 Å². The predicted octanol–water partition coefficient (Wildman–Crippen LogP) is 2.43. The van der Waals surface area contributed by atoms with E-state index in [-0.39, 0.29) is 0 Å². The van der Waals surface area contributed by atoms with Crippen LogP contribution in [0.2, 0.25) is 0 Å². The Bertz CT molecular complexity index is 358. The summed E-state index contributed by atoms with van der Waals surface area (Å²) >= 11 is 0. The zero-order valence-electron chi connectivity index (χ0n) is 10.6. The Morgan fingerprint density at radius 1 is 1.24 bits per heavy atom. The molecule has 2 aliphatic rings. The molecule has 1 saturated carbocycles. The number of hydrogen-bond acceptors (Lipinski definition) is 2. The van der Waals surface area contributed by atoms with Crippen molar-refractivity contribution in [3.63, 3.8) is 0 Å². The Labute approximate surface area is 104 Å². The van der Waals surface area contributed by atoms with Crippen molar-refractivity contribution in [2.45, 2.75) is 31.8 Å². The van der Waals surface area contributed by atoms with Crippen molar-refractivity contribution < 1.29 is 0 Å². The molecule has 1 N–H and O–H groups in total. The van der Waals surface area contributed by atoms with E-state index in [1.54, 1.807) is 0 Å². The van der Waals surface area contributed by atoms with E-state index in [0.29, 0.717) is 6.04 Å². The number of nitrogens with zero attached hydrogens (tertiary/aromatic N) is 1. The Morgan fingerprint density at radius 2 is 2.00 bits per heavy atom. The van der Waals surface area contributed by atoms with Gasteiger partial charge in [-0.1, -0.05) is 30.3 Å². The molecule has 2 atom stereocenters. The molecule has 3 rings (SSSR count). The van der Waals surface area contributed by atoms with Gasteiger partial charge in [-0.15, -0.1) is 0 Å². The molecule has 2 nitrogen and oxygen atoms in total. The number of nitrogens with one attached hydrogen (secondary N) is 1. The van der Waals surface area contributed by atoms with Gasteiger partial charge in [-0.3, -0.25) is 4.90 Å². The van der Waals surface area contributed by atoms with Crippen LogP contribution >= 0.6 is 0 Å². The van der Waals surface area contributed by atoms with E-state index < -0.39 is 0 Å². The van der Waals surface area contributed by atoms with Crippen molar-refractivity contribution in [3.8, 4) is 0 Å². The van der Waals surface area contributed by atoms with Gasteiger partial charge >= 0.3 is 0 Å². The maximum Gasteiger partial charge on any atom is 0.0449 e. The Balaban J connectivity index is 1.67. The molecule has 92 valence electrons. The topological polar surface area (TPSA) is 15.3 Å². The van der Waals surface area contributed by atoms with Gasteiger partial charge in [0, 0.05) is 31.7 Å².